The number of hydrogen-bond donors (Lipinski definition) is 0. The second-order valence-electron chi connectivity index (χ2n) is 5.86. The molecule has 0 heteroatoms. The predicted molar refractivity (Wildman–Crippen MR) is 92.8 cm³/mol. The van der Waals surface area contributed by atoms with E-state index in [2.05, 4.69) is 81.4 Å². The van der Waals surface area contributed by atoms with Crippen LogP contribution in [0.4, 0.5) is 0 Å². The van der Waals surface area contributed by atoms with Gasteiger partial charge in [-0.3, -0.25) is 0 Å². The summed E-state index contributed by atoms with van der Waals surface area (Å²) in [7, 11) is 0. The molecule has 3 aromatic carbocycles. The Bertz CT molecular complexity index is 768. The molecule has 21 heavy (non-hydrogen) atoms. The number of aryl methyl sites for hydroxylation is 1. The third-order valence-corrected chi connectivity index (χ3v) is 4.59. The highest BCUT2D eigenvalue weighted by atomic mass is 14.2. The third-order valence-electron chi connectivity index (χ3n) is 4.59. The molecule has 0 spiro atoms. The maximum atomic E-state index is 2.31. The van der Waals surface area contributed by atoms with Crippen molar-refractivity contribution in [2.24, 2.45) is 0 Å². The van der Waals surface area contributed by atoms with Crippen LogP contribution < -0.4 is 0 Å². The normalized spacial score (nSPS) is 12.5. The van der Waals surface area contributed by atoms with E-state index in [-0.39, 0.29) is 0 Å². The van der Waals surface area contributed by atoms with Crippen LogP contribution in [0.25, 0.3) is 21.9 Å². The fourth-order valence-corrected chi connectivity index (χ4v) is 3.11. The average Bonchev–Trinajstić information content (AvgIpc) is 2.55. The Morgan fingerprint density at radius 1 is 0.810 bits per heavy atom. The summed E-state index contributed by atoms with van der Waals surface area (Å²) in [4.78, 5) is 0. The Morgan fingerprint density at radius 2 is 1.52 bits per heavy atom. The van der Waals surface area contributed by atoms with Gasteiger partial charge in [0, 0.05) is 0 Å². The van der Waals surface area contributed by atoms with Gasteiger partial charge in [-0.1, -0.05) is 74.5 Å². The second kappa shape index (κ2) is 5.73. The molecule has 0 saturated carbocycles. The van der Waals surface area contributed by atoms with Gasteiger partial charge in [-0.2, -0.15) is 0 Å². The number of fused-ring (bicyclic) bond motifs is 1. The highest BCUT2D eigenvalue weighted by Gasteiger charge is 2.12. The van der Waals surface area contributed by atoms with E-state index in [4.69, 9.17) is 0 Å². The average molecular weight is 274 g/mol. The molecule has 0 fully saturated rings. The van der Waals surface area contributed by atoms with Crippen molar-refractivity contribution >= 4 is 10.8 Å². The molecule has 1 unspecified atom stereocenters. The first-order chi connectivity index (χ1) is 10.2. The summed E-state index contributed by atoms with van der Waals surface area (Å²) in [6.07, 6.45) is 1.17. The quantitative estimate of drug-likeness (QED) is 0.523. The lowest BCUT2D eigenvalue weighted by molar-refractivity contribution is 0.735. The minimum absolute atomic E-state index is 0.590. The molecule has 0 aliphatic carbocycles. The summed E-state index contributed by atoms with van der Waals surface area (Å²) in [5.41, 5.74) is 5.59. The molecule has 0 N–H and O–H groups in total. The van der Waals surface area contributed by atoms with E-state index in [0.717, 1.165) is 0 Å². The first-order valence-electron chi connectivity index (χ1n) is 7.80. The van der Waals surface area contributed by atoms with E-state index in [1.165, 1.54) is 39.4 Å². The van der Waals surface area contributed by atoms with Gasteiger partial charge >= 0.3 is 0 Å². The zero-order chi connectivity index (χ0) is 14.8. The lowest BCUT2D eigenvalue weighted by atomic mass is 9.87. The van der Waals surface area contributed by atoms with Crippen LogP contribution in [0.3, 0.4) is 0 Å². The minimum Gasteiger partial charge on any atom is -0.0648 e. The lowest BCUT2D eigenvalue weighted by Gasteiger charge is -2.17. The number of hydrogen-bond acceptors (Lipinski definition) is 0. The van der Waals surface area contributed by atoms with Crippen LogP contribution in [0, 0.1) is 6.92 Å². The molecule has 0 heterocycles. The Labute approximate surface area is 127 Å². The van der Waals surface area contributed by atoms with Gasteiger partial charge in [-0.25, -0.2) is 0 Å². The molecule has 0 saturated heterocycles. The van der Waals surface area contributed by atoms with Crippen LogP contribution in [0.1, 0.15) is 37.3 Å². The molecule has 3 aromatic rings. The maximum absolute atomic E-state index is 2.31. The molecular formula is C21H22. The summed E-state index contributed by atoms with van der Waals surface area (Å²) in [6, 6.07) is 22.0. The Kier molecular flexibility index (Phi) is 3.79. The minimum atomic E-state index is 0.590. The van der Waals surface area contributed by atoms with E-state index < -0.39 is 0 Å². The highest BCUT2D eigenvalue weighted by molar-refractivity contribution is 5.92. The molecule has 0 nitrogen and oxygen atoms in total. The molecule has 3 rings (SSSR count). The zero-order valence-electron chi connectivity index (χ0n) is 13.1. The first-order valence-corrected chi connectivity index (χ1v) is 7.80. The van der Waals surface area contributed by atoms with Crippen molar-refractivity contribution in [1.82, 2.24) is 0 Å². The molecule has 106 valence electrons. The van der Waals surface area contributed by atoms with Gasteiger partial charge in [0.15, 0.2) is 0 Å². The number of benzene rings is 3. The van der Waals surface area contributed by atoms with E-state index in [9.17, 15) is 0 Å². The molecule has 0 radical (unpaired) electrons. The third kappa shape index (κ3) is 2.47. The molecule has 0 bridgehead atoms. The fourth-order valence-electron chi connectivity index (χ4n) is 3.11. The van der Waals surface area contributed by atoms with Gasteiger partial charge in [0.05, 0.1) is 0 Å². The van der Waals surface area contributed by atoms with Gasteiger partial charge in [0.25, 0.3) is 0 Å². The van der Waals surface area contributed by atoms with Crippen LogP contribution in [-0.2, 0) is 0 Å². The molecule has 0 aromatic heterocycles. The molecule has 1 atom stereocenters. The molecule has 0 amide bonds. The predicted octanol–water partition coefficient (Wildman–Crippen LogP) is 6.33. The van der Waals surface area contributed by atoms with Crippen LogP contribution in [0.15, 0.2) is 60.7 Å². The van der Waals surface area contributed by atoms with Gasteiger partial charge in [0.1, 0.15) is 0 Å². The van der Waals surface area contributed by atoms with E-state index in [0.29, 0.717) is 5.92 Å². The maximum Gasteiger partial charge on any atom is -0.0145 e. The van der Waals surface area contributed by atoms with Crippen molar-refractivity contribution in [3.05, 3.63) is 71.8 Å². The van der Waals surface area contributed by atoms with E-state index in [1.54, 1.807) is 0 Å². The second-order valence-corrected chi connectivity index (χ2v) is 5.86. The summed E-state index contributed by atoms with van der Waals surface area (Å²) < 4.78 is 0. The SMILES string of the molecule is CCC(C)c1ccccc1-c1ccc2ccccc2c1C. The summed E-state index contributed by atoms with van der Waals surface area (Å²) in [5, 5.41) is 2.67. The van der Waals surface area contributed by atoms with Crippen molar-refractivity contribution < 1.29 is 0 Å². The van der Waals surface area contributed by atoms with Crippen LogP contribution >= 0.6 is 0 Å². The standard InChI is InChI=1S/C21H22/c1-4-15(2)18-10-7-8-12-21(18)20-14-13-17-9-5-6-11-19(17)16(20)3/h5-15H,4H2,1-3H3. The van der Waals surface area contributed by atoms with Gasteiger partial charge in [-0.05, 0) is 52.3 Å². The summed E-state index contributed by atoms with van der Waals surface area (Å²) >= 11 is 0. The van der Waals surface area contributed by atoms with Gasteiger partial charge < -0.3 is 0 Å². The molecule has 0 aliphatic heterocycles. The molecule has 0 aliphatic rings. The van der Waals surface area contributed by atoms with Crippen molar-refractivity contribution in [2.45, 2.75) is 33.1 Å². The lowest BCUT2D eigenvalue weighted by Crippen LogP contribution is -1.96. The van der Waals surface area contributed by atoms with Crippen LogP contribution in [0.2, 0.25) is 0 Å². The van der Waals surface area contributed by atoms with Crippen molar-refractivity contribution in [3.8, 4) is 11.1 Å². The zero-order valence-corrected chi connectivity index (χ0v) is 13.1. The Balaban J connectivity index is 2.24. The fraction of sp³-hybridized carbons (Fsp3) is 0.238. The molecular weight excluding hydrogens is 252 g/mol. The number of rotatable bonds is 3. The van der Waals surface area contributed by atoms with Crippen LogP contribution in [0.5, 0.6) is 0 Å². The highest BCUT2D eigenvalue weighted by Crippen LogP contribution is 2.35. The summed E-state index contributed by atoms with van der Waals surface area (Å²) in [6.45, 7) is 6.81. The Hall–Kier alpha value is -2.08. The van der Waals surface area contributed by atoms with Crippen molar-refractivity contribution in [2.75, 3.05) is 0 Å². The largest absolute Gasteiger partial charge is 0.0648 e. The first kappa shape index (κ1) is 13.9. The summed E-state index contributed by atoms with van der Waals surface area (Å²) in [5.74, 6) is 0.590. The topological polar surface area (TPSA) is 0 Å². The van der Waals surface area contributed by atoms with E-state index in [1.807, 2.05) is 0 Å². The Morgan fingerprint density at radius 3 is 2.33 bits per heavy atom. The van der Waals surface area contributed by atoms with Gasteiger partial charge in [0.2, 0.25) is 0 Å². The van der Waals surface area contributed by atoms with Crippen molar-refractivity contribution in [3.63, 3.8) is 0 Å². The van der Waals surface area contributed by atoms with Gasteiger partial charge in [-0.15, -0.1) is 0 Å². The van der Waals surface area contributed by atoms with Crippen molar-refractivity contribution in [1.29, 1.82) is 0 Å². The van der Waals surface area contributed by atoms with E-state index >= 15 is 0 Å². The van der Waals surface area contributed by atoms with Crippen LogP contribution in [-0.4, -0.2) is 0 Å². The smallest absolute Gasteiger partial charge is 0.0145 e. The monoisotopic (exact) mass is 274 g/mol.